The summed E-state index contributed by atoms with van der Waals surface area (Å²) in [6.45, 7) is 5.79. The van der Waals surface area contributed by atoms with E-state index in [9.17, 15) is 13.2 Å². The first-order chi connectivity index (χ1) is 20.7. The van der Waals surface area contributed by atoms with Crippen molar-refractivity contribution < 1.29 is 8.42 Å². The van der Waals surface area contributed by atoms with E-state index >= 15 is 0 Å². The minimum atomic E-state index is -3.64. The van der Waals surface area contributed by atoms with E-state index in [1.54, 1.807) is 24.5 Å². The Morgan fingerprint density at radius 3 is 2.60 bits per heavy atom. The summed E-state index contributed by atoms with van der Waals surface area (Å²) in [6, 6.07) is 19.6. The molecule has 2 aromatic heterocycles. The van der Waals surface area contributed by atoms with Crippen LogP contribution in [0.4, 0.5) is 5.82 Å². The van der Waals surface area contributed by atoms with Crippen molar-refractivity contribution in [2.24, 2.45) is 0 Å². The van der Waals surface area contributed by atoms with E-state index in [0.717, 1.165) is 52.3 Å². The fraction of sp³-hybridized carbons (Fsp3) is 0.323. The zero-order valence-corrected chi connectivity index (χ0v) is 26.1. The van der Waals surface area contributed by atoms with Crippen molar-refractivity contribution in [2.75, 3.05) is 52.1 Å². The molecule has 10 nitrogen and oxygen atoms in total. The minimum Gasteiger partial charge on any atom is -0.366 e. The van der Waals surface area contributed by atoms with Crippen LogP contribution in [0.5, 0.6) is 0 Å². The predicted octanol–water partition coefficient (Wildman–Crippen LogP) is 4.07. The number of para-hydroxylation sites is 1. The maximum absolute atomic E-state index is 13.3. The molecule has 1 aliphatic heterocycles. The lowest BCUT2D eigenvalue weighted by molar-refractivity contribution is 0.184. The summed E-state index contributed by atoms with van der Waals surface area (Å²) < 4.78 is 28.8. The Morgan fingerprint density at radius 2 is 1.81 bits per heavy atom. The zero-order valence-electron chi connectivity index (χ0n) is 24.4. The van der Waals surface area contributed by atoms with Crippen LogP contribution in [-0.2, 0) is 16.6 Å². The van der Waals surface area contributed by atoms with Crippen LogP contribution >= 0.6 is 11.3 Å². The van der Waals surface area contributed by atoms with Crippen molar-refractivity contribution in [1.82, 2.24) is 29.1 Å². The molecule has 5 aromatic rings. The van der Waals surface area contributed by atoms with Gasteiger partial charge in [0.25, 0.3) is 0 Å². The van der Waals surface area contributed by atoms with E-state index in [2.05, 4.69) is 81.4 Å². The second-order valence-electron chi connectivity index (χ2n) is 11.3. The molecule has 1 unspecified atom stereocenters. The fourth-order valence-corrected chi connectivity index (χ4v) is 7.99. The number of rotatable bonds is 9. The van der Waals surface area contributed by atoms with Crippen LogP contribution in [0.25, 0.3) is 32.2 Å². The van der Waals surface area contributed by atoms with Crippen molar-refractivity contribution >= 4 is 48.3 Å². The first kappa shape index (κ1) is 29.4. The first-order valence-electron chi connectivity index (χ1n) is 14.3. The Balaban J connectivity index is 1.12. The van der Waals surface area contributed by atoms with Crippen LogP contribution in [0, 0.1) is 0 Å². The van der Waals surface area contributed by atoms with Gasteiger partial charge >= 0.3 is 4.87 Å². The Hall–Kier alpha value is -3.68. The topological polar surface area (TPSA) is 115 Å². The van der Waals surface area contributed by atoms with Crippen LogP contribution in [0.3, 0.4) is 0 Å². The van der Waals surface area contributed by atoms with Crippen LogP contribution in [-0.4, -0.2) is 90.3 Å². The summed E-state index contributed by atoms with van der Waals surface area (Å²) in [7, 11) is 0.489. The quantitative estimate of drug-likeness (QED) is 0.255. The summed E-state index contributed by atoms with van der Waals surface area (Å²) in [4.78, 5) is 28.1. The molecule has 6 rings (SSSR count). The van der Waals surface area contributed by atoms with Crippen molar-refractivity contribution in [3.63, 3.8) is 0 Å². The highest BCUT2D eigenvalue weighted by atomic mass is 32.2. The average Bonchev–Trinajstić information content (AvgIpc) is 3.36. The molecule has 1 saturated heterocycles. The molecule has 0 saturated carbocycles. The molecule has 0 bridgehead atoms. The van der Waals surface area contributed by atoms with E-state index in [1.165, 1.54) is 9.87 Å². The number of nitrogens with zero attached hydrogens (tertiary/aromatic N) is 5. The third kappa shape index (κ3) is 6.34. The van der Waals surface area contributed by atoms with Gasteiger partial charge in [0.1, 0.15) is 12.1 Å². The third-order valence-electron chi connectivity index (χ3n) is 7.68. The largest absolute Gasteiger partial charge is 0.366 e. The summed E-state index contributed by atoms with van der Waals surface area (Å²) in [5.41, 5.74) is 4.99. The van der Waals surface area contributed by atoms with E-state index < -0.39 is 10.0 Å². The fourth-order valence-electron chi connectivity index (χ4n) is 5.69. The van der Waals surface area contributed by atoms with Crippen LogP contribution in [0.2, 0.25) is 0 Å². The lowest BCUT2D eigenvalue weighted by Crippen LogP contribution is -2.50. The van der Waals surface area contributed by atoms with Gasteiger partial charge in [-0.25, -0.2) is 18.4 Å². The smallest absolute Gasteiger partial charge is 0.305 e. The van der Waals surface area contributed by atoms with Gasteiger partial charge in [-0.05, 0) is 62.5 Å². The number of aromatic amines is 1. The van der Waals surface area contributed by atoms with Crippen LogP contribution in [0.1, 0.15) is 12.5 Å². The standard InChI is InChI=1S/C31H35N7O3S2/c1-21(18-37-12-14-38(15-13-37)43(40,41)24-10-11-27-28(17-24)42-31(39)35-27)34-30-26-9-5-8-25(29(26)32-20-33-30)23-7-4-6-22(16-23)19-36(2)3/h4-11,16-17,20-21H,12-15,18-19H2,1-3H3,(H,35,39)(H,32,33,34). The van der Waals surface area contributed by atoms with Gasteiger partial charge in [0.2, 0.25) is 10.0 Å². The normalized spacial score (nSPS) is 15.8. The number of hydrogen-bond donors (Lipinski definition) is 2. The van der Waals surface area contributed by atoms with E-state index in [1.807, 2.05) is 12.1 Å². The molecular weight excluding hydrogens is 583 g/mol. The number of piperazine rings is 1. The zero-order chi connectivity index (χ0) is 30.1. The number of fused-ring (bicyclic) bond motifs is 2. The molecule has 3 heterocycles. The van der Waals surface area contributed by atoms with Gasteiger partial charge in [0.15, 0.2) is 0 Å². The number of nitrogens with one attached hydrogen (secondary N) is 2. The van der Waals surface area contributed by atoms with Crippen molar-refractivity contribution in [3.05, 3.63) is 82.2 Å². The van der Waals surface area contributed by atoms with Gasteiger partial charge in [0, 0.05) is 56.3 Å². The molecule has 1 aliphatic rings. The number of H-pyrrole nitrogens is 1. The minimum absolute atomic E-state index is 0.0760. The lowest BCUT2D eigenvalue weighted by atomic mass is 10.00. The second-order valence-corrected chi connectivity index (χ2v) is 14.2. The van der Waals surface area contributed by atoms with Crippen molar-refractivity contribution in [3.8, 4) is 11.1 Å². The Morgan fingerprint density at radius 1 is 1.02 bits per heavy atom. The highest BCUT2D eigenvalue weighted by Crippen LogP contribution is 2.31. The van der Waals surface area contributed by atoms with E-state index in [4.69, 9.17) is 0 Å². The monoisotopic (exact) mass is 617 g/mol. The van der Waals surface area contributed by atoms with E-state index in [-0.39, 0.29) is 15.8 Å². The average molecular weight is 618 g/mol. The van der Waals surface area contributed by atoms with Crippen LogP contribution in [0.15, 0.2) is 76.7 Å². The molecular formula is C31H35N7O3S2. The summed E-state index contributed by atoms with van der Waals surface area (Å²) in [5, 5.41) is 4.54. The summed E-state index contributed by atoms with van der Waals surface area (Å²) in [6.07, 6.45) is 1.61. The maximum atomic E-state index is 13.3. The van der Waals surface area contributed by atoms with Crippen molar-refractivity contribution in [1.29, 1.82) is 0 Å². The highest BCUT2D eigenvalue weighted by molar-refractivity contribution is 7.89. The summed E-state index contributed by atoms with van der Waals surface area (Å²) in [5.74, 6) is 0.785. The van der Waals surface area contributed by atoms with Gasteiger partial charge < -0.3 is 15.2 Å². The number of anilines is 1. The van der Waals surface area contributed by atoms with Crippen LogP contribution < -0.4 is 10.2 Å². The van der Waals surface area contributed by atoms with Gasteiger partial charge in [-0.3, -0.25) is 9.69 Å². The Labute approximate surface area is 255 Å². The molecule has 0 radical (unpaired) electrons. The number of sulfonamides is 1. The van der Waals surface area contributed by atoms with Gasteiger partial charge in [-0.15, -0.1) is 0 Å². The third-order valence-corrected chi connectivity index (χ3v) is 10.4. The molecule has 43 heavy (non-hydrogen) atoms. The second kappa shape index (κ2) is 12.1. The van der Waals surface area contributed by atoms with Gasteiger partial charge in [-0.2, -0.15) is 4.31 Å². The van der Waals surface area contributed by atoms with Gasteiger partial charge in [-0.1, -0.05) is 41.7 Å². The maximum Gasteiger partial charge on any atom is 0.305 e. The lowest BCUT2D eigenvalue weighted by Gasteiger charge is -2.35. The molecule has 0 amide bonds. The Bertz CT molecular complexity index is 1930. The number of hydrogen-bond acceptors (Lipinski definition) is 9. The highest BCUT2D eigenvalue weighted by Gasteiger charge is 2.29. The first-order valence-corrected chi connectivity index (χ1v) is 16.5. The predicted molar refractivity (Wildman–Crippen MR) is 173 cm³/mol. The Kier molecular flexibility index (Phi) is 8.29. The molecule has 3 aromatic carbocycles. The van der Waals surface area contributed by atoms with Gasteiger partial charge in [0.05, 0.1) is 20.6 Å². The molecule has 224 valence electrons. The molecule has 2 N–H and O–H groups in total. The number of benzene rings is 3. The number of thiazole rings is 1. The van der Waals surface area contributed by atoms with E-state index in [0.29, 0.717) is 36.4 Å². The molecule has 0 spiro atoms. The summed E-state index contributed by atoms with van der Waals surface area (Å²) >= 11 is 1.02. The molecule has 1 fully saturated rings. The molecule has 0 aliphatic carbocycles. The molecule has 12 heteroatoms. The SMILES string of the molecule is CC(CN1CCN(S(=O)(=O)c2ccc3[nH]c(=O)sc3c2)CC1)Nc1ncnc2c(-c3cccc(CN(C)C)c3)cccc12. The number of aromatic nitrogens is 3. The van der Waals surface area contributed by atoms with Crippen molar-refractivity contribution in [2.45, 2.75) is 24.4 Å². The molecule has 1 atom stereocenters.